The number of aliphatic hydroxyl groups is 1. The molecule has 0 radical (unpaired) electrons. The third-order valence-corrected chi connectivity index (χ3v) is 5.28. The Kier molecular flexibility index (Phi) is 4.04. The Labute approximate surface area is 167 Å². The van der Waals surface area contributed by atoms with E-state index in [1.54, 1.807) is 32.2 Å². The summed E-state index contributed by atoms with van der Waals surface area (Å²) in [6.07, 6.45) is 3.66. The van der Waals surface area contributed by atoms with E-state index in [1.807, 2.05) is 27.4 Å². The number of ether oxygens (including phenoxy) is 1. The molecule has 7 heteroatoms. The van der Waals surface area contributed by atoms with Gasteiger partial charge in [0.15, 0.2) is 0 Å². The Hall–Kier alpha value is -3.03. The van der Waals surface area contributed by atoms with Crippen LogP contribution in [-0.4, -0.2) is 30.9 Å². The van der Waals surface area contributed by atoms with Gasteiger partial charge in [-0.3, -0.25) is 4.68 Å². The largest absolute Gasteiger partial charge is 0.384 e. The first-order valence-electron chi connectivity index (χ1n) is 9.55. The maximum Gasteiger partial charge on any atom is 0.137 e. The summed E-state index contributed by atoms with van der Waals surface area (Å²) in [4.78, 5) is 4.40. The topological polar surface area (TPSA) is 64.6 Å². The average Bonchev–Trinajstić information content (AvgIpc) is 3.29. The molecule has 1 aromatic carbocycles. The molecule has 1 aliphatic rings. The van der Waals surface area contributed by atoms with Gasteiger partial charge >= 0.3 is 0 Å². The van der Waals surface area contributed by atoms with Gasteiger partial charge in [-0.1, -0.05) is 0 Å². The smallest absolute Gasteiger partial charge is 0.137 e. The molecule has 1 aliphatic heterocycles. The molecular formula is C22H21FN4O2. The number of rotatable bonds is 3. The molecule has 0 bridgehead atoms. The van der Waals surface area contributed by atoms with Crippen molar-refractivity contribution in [3.63, 3.8) is 0 Å². The minimum absolute atomic E-state index is 0.280. The zero-order chi connectivity index (χ0) is 20.2. The second-order valence-electron chi connectivity index (χ2n) is 7.80. The van der Waals surface area contributed by atoms with Crippen molar-refractivity contribution in [2.45, 2.75) is 32.6 Å². The number of imidazole rings is 1. The summed E-state index contributed by atoms with van der Waals surface area (Å²) in [7, 11) is 0. The minimum atomic E-state index is -1.03. The summed E-state index contributed by atoms with van der Waals surface area (Å²) in [6.45, 7) is 5.22. The van der Waals surface area contributed by atoms with Gasteiger partial charge in [-0.05, 0) is 50.2 Å². The van der Waals surface area contributed by atoms with Crippen LogP contribution in [0, 0.1) is 5.82 Å². The normalized spacial score (nSPS) is 14.3. The predicted molar refractivity (Wildman–Crippen MR) is 107 cm³/mol. The number of nitrogens with zero attached hydrogens (tertiary/aromatic N) is 4. The van der Waals surface area contributed by atoms with Crippen LogP contribution in [0.4, 0.5) is 4.39 Å². The highest BCUT2D eigenvalue weighted by Gasteiger charge is 2.25. The fourth-order valence-corrected chi connectivity index (χ4v) is 3.84. The van der Waals surface area contributed by atoms with E-state index in [0.29, 0.717) is 25.5 Å². The van der Waals surface area contributed by atoms with Crippen LogP contribution < -0.4 is 0 Å². The lowest BCUT2D eigenvalue weighted by atomic mass is 9.99. The Morgan fingerprint density at radius 1 is 1.10 bits per heavy atom. The standard InChI is InChI=1S/C22H21FN4O2/c1-22(2,28)18-11-24-19-8-5-15(12-26(18)19)20-17-13-29-10-9-27(17)25-21(20)14-3-6-16(23)7-4-14/h3-8,11-12,28H,9-10,13H2,1-2H3. The van der Waals surface area contributed by atoms with E-state index >= 15 is 0 Å². The number of benzene rings is 1. The van der Waals surface area contributed by atoms with Crippen molar-refractivity contribution < 1.29 is 14.2 Å². The fraction of sp³-hybridized carbons (Fsp3) is 0.273. The van der Waals surface area contributed by atoms with Crippen molar-refractivity contribution in [3.8, 4) is 22.4 Å². The molecule has 0 saturated heterocycles. The zero-order valence-electron chi connectivity index (χ0n) is 16.3. The summed E-state index contributed by atoms with van der Waals surface area (Å²) >= 11 is 0. The average molecular weight is 392 g/mol. The van der Waals surface area contributed by atoms with Gasteiger partial charge in [-0.2, -0.15) is 5.10 Å². The first-order chi connectivity index (χ1) is 13.9. The first kappa shape index (κ1) is 18.0. The Morgan fingerprint density at radius 2 is 1.86 bits per heavy atom. The van der Waals surface area contributed by atoms with Gasteiger partial charge in [0.2, 0.25) is 0 Å². The lowest BCUT2D eigenvalue weighted by Gasteiger charge is -2.18. The van der Waals surface area contributed by atoms with Crippen LogP contribution in [-0.2, 0) is 23.5 Å². The maximum atomic E-state index is 13.5. The van der Waals surface area contributed by atoms with Crippen molar-refractivity contribution in [2.24, 2.45) is 0 Å². The molecule has 148 valence electrons. The van der Waals surface area contributed by atoms with Crippen LogP contribution in [0.15, 0.2) is 48.8 Å². The molecule has 29 heavy (non-hydrogen) atoms. The van der Waals surface area contributed by atoms with Gasteiger partial charge in [0.05, 0.1) is 37.3 Å². The second-order valence-corrected chi connectivity index (χ2v) is 7.80. The van der Waals surface area contributed by atoms with E-state index in [0.717, 1.165) is 33.7 Å². The molecule has 4 heterocycles. The number of hydrogen-bond acceptors (Lipinski definition) is 4. The summed E-state index contributed by atoms with van der Waals surface area (Å²) in [5.41, 5.74) is 4.94. The summed E-state index contributed by atoms with van der Waals surface area (Å²) in [5, 5.41) is 15.3. The van der Waals surface area contributed by atoms with Crippen LogP contribution in [0.2, 0.25) is 0 Å². The number of hydrogen-bond donors (Lipinski definition) is 1. The number of halogens is 1. The molecule has 0 atom stereocenters. The summed E-state index contributed by atoms with van der Waals surface area (Å²) < 4.78 is 23.0. The maximum absolute atomic E-state index is 13.5. The molecule has 0 aliphatic carbocycles. The number of aromatic nitrogens is 4. The van der Waals surface area contributed by atoms with E-state index in [1.165, 1.54) is 12.1 Å². The highest BCUT2D eigenvalue weighted by atomic mass is 19.1. The fourth-order valence-electron chi connectivity index (χ4n) is 3.84. The Balaban J connectivity index is 1.75. The zero-order valence-corrected chi connectivity index (χ0v) is 16.3. The SMILES string of the molecule is CC(C)(O)c1cnc2ccc(-c3c(-c4ccc(F)cc4)nn4c3COCC4)cn12. The van der Waals surface area contributed by atoms with Crippen LogP contribution in [0.5, 0.6) is 0 Å². The van der Waals surface area contributed by atoms with Gasteiger partial charge in [-0.25, -0.2) is 9.37 Å². The van der Waals surface area contributed by atoms with E-state index < -0.39 is 5.60 Å². The van der Waals surface area contributed by atoms with Gasteiger partial charge in [-0.15, -0.1) is 0 Å². The van der Waals surface area contributed by atoms with Crippen molar-refractivity contribution in [1.29, 1.82) is 0 Å². The van der Waals surface area contributed by atoms with Crippen molar-refractivity contribution in [1.82, 2.24) is 19.2 Å². The van der Waals surface area contributed by atoms with Gasteiger partial charge in [0.25, 0.3) is 0 Å². The molecule has 3 aromatic heterocycles. The Bertz CT molecular complexity index is 1200. The predicted octanol–water partition coefficient (Wildman–Crippen LogP) is 3.76. The lowest BCUT2D eigenvalue weighted by molar-refractivity contribution is 0.0729. The van der Waals surface area contributed by atoms with Crippen molar-refractivity contribution >= 4 is 5.65 Å². The van der Waals surface area contributed by atoms with E-state index in [-0.39, 0.29) is 5.82 Å². The number of fused-ring (bicyclic) bond motifs is 2. The molecule has 4 aromatic rings. The molecule has 1 N–H and O–H groups in total. The van der Waals surface area contributed by atoms with E-state index in [4.69, 9.17) is 9.84 Å². The second kappa shape index (κ2) is 6.50. The summed E-state index contributed by atoms with van der Waals surface area (Å²) in [6, 6.07) is 10.3. The minimum Gasteiger partial charge on any atom is -0.384 e. The van der Waals surface area contributed by atoms with Gasteiger partial charge < -0.3 is 14.2 Å². The molecule has 0 amide bonds. The van der Waals surface area contributed by atoms with Crippen molar-refractivity contribution in [3.05, 3.63) is 66.0 Å². The highest BCUT2D eigenvalue weighted by molar-refractivity contribution is 5.83. The van der Waals surface area contributed by atoms with Crippen LogP contribution in [0.1, 0.15) is 25.2 Å². The molecular weight excluding hydrogens is 371 g/mol. The quantitative estimate of drug-likeness (QED) is 0.577. The molecule has 5 rings (SSSR count). The third kappa shape index (κ3) is 3.03. The van der Waals surface area contributed by atoms with Crippen LogP contribution in [0.3, 0.4) is 0 Å². The molecule has 0 spiro atoms. The third-order valence-electron chi connectivity index (χ3n) is 5.28. The first-order valence-corrected chi connectivity index (χ1v) is 9.55. The van der Waals surface area contributed by atoms with Gasteiger partial charge in [0, 0.05) is 22.9 Å². The van der Waals surface area contributed by atoms with Gasteiger partial charge in [0.1, 0.15) is 22.8 Å². The monoisotopic (exact) mass is 392 g/mol. The molecule has 6 nitrogen and oxygen atoms in total. The molecule has 0 unspecified atom stereocenters. The van der Waals surface area contributed by atoms with Crippen LogP contribution >= 0.6 is 0 Å². The summed E-state index contributed by atoms with van der Waals surface area (Å²) in [5.74, 6) is -0.280. The van der Waals surface area contributed by atoms with E-state index in [2.05, 4.69) is 4.98 Å². The molecule has 0 fully saturated rings. The highest BCUT2D eigenvalue weighted by Crippen LogP contribution is 2.36. The Morgan fingerprint density at radius 3 is 2.62 bits per heavy atom. The van der Waals surface area contributed by atoms with Crippen LogP contribution in [0.25, 0.3) is 28.0 Å². The lowest BCUT2D eigenvalue weighted by Crippen LogP contribution is -2.18. The number of pyridine rings is 1. The van der Waals surface area contributed by atoms with Crippen molar-refractivity contribution in [2.75, 3.05) is 6.61 Å². The van der Waals surface area contributed by atoms with E-state index in [9.17, 15) is 9.50 Å². The molecule has 0 saturated carbocycles.